The van der Waals surface area contributed by atoms with E-state index in [0.717, 1.165) is 50.1 Å². The first-order valence-corrected chi connectivity index (χ1v) is 18.7. The number of carbonyl (C=O) groups excluding carboxylic acids is 2. The van der Waals surface area contributed by atoms with Gasteiger partial charge in [0.15, 0.2) is 11.6 Å². The van der Waals surface area contributed by atoms with Crippen molar-refractivity contribution < 1.29 is 9.59 Å². The lowest BCUT2D eigenvalue weighted by atomic mass is 9.57. The average Bonchev–Trinajstić information content (AvgIpc) is 3.61. The molecule has 2 nitrogen and oxygen atoms in total. The molecule has 3 aliphatic carbocycles. The first kappa shape index (κ1) is 33.5. The van der Waals surface area contributed by atoms with Gasteiger partial charge in [0.2, 0.25) is 0 Å². The van der Waals surface area contributed by atoms with Gasteiger partial charge in [-0.05, 0) is 85.9 Å². The highest BCUT2D eigenvalue weighted by atomic mass is 32.1. The number of carbonyl (C=O) groups is 2. The zero-order chi connectivity index (χ0) is 36.2. The minimum absolute atomic E-state index is 0.0332. The topological polar surface area (TPSA) is 34.1 Å². The predicted octanol–water partition coefficient (Wildman–Crippen LogP) is 12.2. The van der Waals surface area contributed by atoms with Gasteiger partial charge in [-0.1, -0.05) is 156 Å². The van der Waals surface area contributed by atoms with E-state index in [-0.39, 0.29) is 22.4 Å². The molecule has 3 heteroatoms. The van der Waals surface area contributed by atoms with Crippen LogP contribution < -0.4 is 0 Å². The summed E-state index contributed by atoms with van der Waals surface area (Å²) in [6.07, 6.45) is 6.31. The van der Waals surface area contributed by atoms with Crippen LogP contribution in [0.3, 0.4) is 0 Å². The molecule has 5 aromatic rings. The first-order valence-electron chi connectivity index (χ1n) is 17.9. The van der Waals surface area contributed by atoms with Gasteiger partial charge in [-0.2, -0.15) is 0 Å². The SMILES string of the molecule is CC(C)(C)C(=C1C=C(c2ccccc2)C(=O)C(c2ccccc2)=C1)c1ccc(C2=C3C=C(c4ccccc4)C(=O)C(c4ccccc4)=C3C2(C)C)s1. The molecule has 254 valence electrons. The van der Waals surface area contributed by atoms with Gasteiger partial charge in [-0.25, -0.2) is 0 Å². The van der Waals surface area contributed by atoms with E-state index in [1.165, 1.54) is 20.9 Å². The average molecular weight is 693 g/mol. The smallest absolute Gasteiger partial charge is 0.194 e. The molecule has 8 rings (SSSR count). The van der Waals surface area contributed by atoms with E-state index in [4.69, 9.17) is 0 Å². The first-order chi connectivity index (χ1) is 25.0. The van der Waals surface area contributed by atoms with Crippen molar-refractivity contribution in [3.05, 3.63) is 200 Å². The molecule has 1 heterocycles. The van der Waals surface area contributed by atoms with Crippen LogP contribution in [0.15, 0.2) is 168 Å². The summed E-state index contributed by atoms with van der Waals surface area (Å²) >= 11 is 1.80. The van der Waals surface area contributed by atoms with Gasteiger partial charge in [0.25, 0.3) is 0 Å². The summed E-state index contributed by atoms with van der Waals surface area (Å²) in [5, 5.41) is 0. The van der Waals surface area contributed by atoms with Gasteiger partial charge in [0.1, 0.15) is 0 Å². The number of hydrogen-bond donors (Lipinski definition) is 0. The van der Waals surface area contributed by atoms with Crippen LogP contribution in [-0.4, -0.2) is 11.6 Å². The van der Waals surface area contributed by atoms with E-state index < -0.39 is 0 Å². The van der Waals surface area contributed by atoms with Crippen LogP contribution in [0.1, 0.15) is 66.6 Å². The van der Waals surface area contributed by atoms with Crippen molar-refractivity contribution in [2.45, 2.75) is 34.6 Å². The van der Waals surface area contributed by atoms with E-state index in [1.807, 2.05) is 121 Å². The fourth-order valence-corrected chi connectivity index (χ4v) is 9.55. The molecule has 0 radical (unpaired) electrons. The van der Waals surface area contributed by atoms with Crippen molar-refractivity contribution in [3.63, 3.8) is 0 Å². The maximum absolute atomic E-state index is 14.3. The predicted molar refractivity (Wildman–Crippen MR) is 218 cm³/mol. The summed E-state index contributed by atoms with van der Waals surface area (Å²) in [4.78, 5) is 30.8. The Morgan fingerprint density at radius 3 is 1.42 bits per heavy atom. The molecule has 0 N–H and O–H groups in total. The summed E-state index contributed by atoms with van der Waals surface area (Å²) < 4.78 is 0. The lowest BCUT2D eigenvalue weighted by molar-refractivity contribution is -0.109. The fourth-order valence-electron chi connectivity index (χ4n) is 8.05. The van der Waals surface area contributed by atoms with E-state index in [9.17, 15) is 9.59 Å². The second-order valence-corrected chi connectivity index (χ2v) is 16.3. The van der Waals surface area contributed by atoms with Crippen molar-refractivity contribution in [3.8, 4) is 0 Å². The van der Waals surface area contributed by atoms with E-state index >= 15 is 0 Å². The molecule has 4 aromatic carbocycles. The van der Waals surface area contributed by atoms with E-state index in [0.29, 0.717) is 11.1 Å². The van der Waals surface area contributed by atoms with Crippen LogP contribution in [0.2, 0.25) is 0 Å². The van der Waals surface area contributed by atoms with Crippen LogP contribution in [0.4, 0.5) is 0 Å². The second-order valence-electron chi connectivity index (χ2n) is 15.2. The standard InChI is InChI=1S/C49H40O2S/c1-48(2,3)43(35-28-36(31-18-10-6-11-19-31)46(50)37(29-35)32-20-12-7-13-21-32)40-26-27-41(52-40)44-39-30-38(33-22-14-8-15-23-33)47(51)42(45(39)49(44,4)5)34-24-16-9-17-25-34/h6-30H,1-5H3. The second kappa shape index (κ2) is 12.8. The molecule has 0 fully saturated rings. The Bertz CT molecular complexity index is 2380. The van der Waals surface area contributed by atoms with Gasteiger partial charge in [0.05, 0.1) is 0 Å². The summed E-state index contributed by atoms with van der Waals surface area (Å²) in [6, 6.07) is 44.6. The van der Waals surface area contributed by atoms with Crippen LogP contribution in [0.5, 0.6) is 0 Å². The Kier molecular flexibility index (Phi) is 8.28. The number of hydrogen-bond acceptors (Lipinski definition) is 3. The molecular weight excluding hydrogens is 653 g/mol. The Balaban J connectivity index is 1.33. The third-order valence-corrected chi connectivity index (χ3v) is 11.5. The fraction of sp³-hybridized carbons (Fsp3) is 0.143. The lowest BCUT2D eigenvalue weighted by Crippen LogP contribution is -2.34. The number of allylic oxidation sites excluding steroid dienone is 12. The zero-order valence-corrected chi connectivity index (χ0v) is 31.0. The Morgan fingerprint density at radius 2 is 0.962 bits per heavy atom. The highest BCUT2D eigenvalue weighted by Crippen LogP contribution is 2.62. The Hall–Kier alpha value is -5.64. The van der Waals surface area contributed by atoms with Crippen molar-refractivity contribution in [1.29, 1.82) is 0 Å². The molecule has 0 unspecified atom stereocenters. The quantitative estimate of drug-likeness (QED) is 0.177. The summed E-state index contributed by atoms with van der Waals surface area (Å²) in [5.74, 6) is 0.106. The Labute approximate surface area is 310 Å². The van der Waals surface area contributed by atoms with Crippen molar-refractivity contribution in [2.75, 3.05) is 0 Å². The molecule has 3 aliphatic rings. The van der Waals surface area contributed by atoms with E-state index in [2.05, 4.69) is 65.0 Å². The van der Waals surface area contributed by atoms with Gasteiger partial charge in [-0.3, -0.25) is 9.59 Å². The molecule has 0 bridgehead atoms. The van der Waals surface area contributed by atoms with Crippen LogP contribution in [-0.2, 0) is 9.59 Å². The van der Waals surface area contributed by atoms with Gasteiger partial charge >= 0.3 is 0 Å². The van der Waals surface area contributed by atoms with E-state index in [1.54, 1.807) is 11.3 Å². The maximum atomic E-state index is 14.3. The summed E-state index contributed by atoms with van der Waals surface area (Å²) in [7, 11) is 0. The van der Waals surface area contributed by atoms with Gasteiger partial charge < -0.3 is 0 Å². The molecule has 0 saturated heterocycles. The molecule has 0 atom stereocenters. The van der Waals surface area contributed by atoms with Crippen molar-refractivity contribution in [1.82, 2.24) is 0 Å². The van der Waals surface area contributed by atoms with Crippen LogP contribution in [0, 0.1) is 10.8 Å². The Morgan fingerprint density at radius 1 is 0.519 bits per heavy atom. The molecule has 1 aromatic heterocycles. The molecule has 0 spiro atoms. The van der Waals surface area contributed by atoms with Crippen LogP contribution in [0.25, 0.3) is 33.4 Å². The minimum atomic E-state index is -0.343. The maximum Gasteiger partial charge on any atom is 0.194 e. The van der Waals surface area contributed by atoms with Crippen LogP contribution >= 0.6 is 11.3 Å². The number of benzene rings is 4. The molecule has 0 saturated carbocycles. The highest BCUT2D eigenvalue weighted by molar-refractivity contribution is 7.14. The molecular formula is C49H40O2S. The zero-order valence-electron chi connectivity index (χ0n) is 30.2. The third kappa shape index (κ3) is 5.66. The largest absolute Gasteiger partial charge is 0.289 e. The monoisotopic (exact) mass is 692 g/mol. The normalized spacial score (nSPS) is 16.9. The number of Topliss-reactive ketones (excluding diaryl/α,β-unsaturated/α-hetero) is 2. The highest BCUT2D eigenvalue weighted by Gasteiger charge is 2.48. The van der Waals surface area contributed by atoms with Gasteiger partial charge in [-0.15, -0.1) is 11.3 Å². The van der Waals surface area contributed by atoms with Crippen molar-refractivity contribution in [2.24, 2.45) is 10.8 Å². The summed E-state index contributed by atoms with van der Waals surface area (Å²) in [6.45, 7) is 11.2. The minimum Gasteiger partial charge on any atom is -0.289 e. The molecule has 0 amide bonds. The number of ketones is 2. The molecule has 0 aliphatic heterocycles. The van der Waals surface area contributed by atoms with Crippen molar-refractivity contribution >= 4 is 56.3 Å². The summed E-state index contributed by atoms with van der Waals surface area (Å²) in [5.41, 5.74) is 11.8. The lowest BCUT2D eigenvalue weighted by Gasteiger charge is -2.46. The number of fused-ring (bicyclic) bond motifs is 1. The third-order valence-electron chi connectivity index (χ3n) is 10.3. The molecule has 52 heavy (non-hydrogen) atoms. The number of thiophene rings is 1. The number of rotatable bonds is 6. The van der Waals surface area contributed by atoms with Gasteiger partial charge in [0, 0.05) is 37.5 Å².